The summed E-state index contributed by atoms with van der Waals surface area (Å²) in [5.74, 6) is 0.537. The van der Waals surface area contributed by atoms with Crippen LogP contribution in [0.3, 0.4) is 0 Å². The lowest BCUT2D eigenvalue weighted by Crippen LogP contribution is -2.15. The Bertz CT molecular complexity index is 677. The van der Waals surface area contributed by atoms with Crippen LogP contribution in [0.25, 0.3) is 0 Å². The van der Waals surface area contributed by atoms with Crippen molar-refractivity contribution >= 4 is 34.5 Å². The zero-order valence-corrected chi connectivity index (χ0v) is 14.2. The van der Waals surface area contributed by atoms with Gasteiger partial charge in [-0.05, 0) is 67.6 Å². The third-order valence-corrected chi connectivity index (χ3v) is 4.98. The van der Waals surface area contributed by atoms with E-state index in [4.69, 9.17) is 0 Å². The average Bonchev–Trinajstić information content (AvgIpc) is 3.28. The summed E-state index contributed by atoms with van der Waals surface area (Å²) in [5, 5.41) is 10.9. The molecule has 24 heavy (non-hydrogen) atoms. The van der Waals surface area contributed by atoms with Crippen molar-refractivity contribution in [1.82, 2.24) is 5.32 Å². The largest absolute Gasteiger partial charge is 0.326 e. The molecule has 2 amide bonds. The summed E-state index contributed by atoms with van der Waals surface area (Å²) in [7, 11) is 0. The molecular weight excluding hydrogens is 322 g/mol. The van der Waals surface area contributed by atoms with Crippen LogP contribution in [0, 0.1) is 5.92 Å². The van der Waals surface area contributed by atoms with Crippen LogP contribution in [0.15, 0.2) is 41.8 Å². The maximum atomic E-state index is 12.0. The van der Waals surface area contributed by atoms with Crippen molar-refractivity contribution < 1.29 is 9.59 Å². The normalized spacial score (nSPS) is 16.8. The first-order valence-electron chi connectivity index (χ1n) is 8.16. The second kappa shape index (κ2) is 8.08. The minimum Gasteiger partial charge on any atom is -0.326 e. The molecule has 6 heteroatoms. The van der Waals surface area contributed by atoms with Crippen molar-refractivity contribution in [2.75, 3.05) is 23.7 Å². The Hall–Kier alpha value is -2.18. The molecule has 126 valence electrons. The van der Waals surface area contributed by atoms with Gasteiger partial charge in [0.2, 0.25) is 5.91 Å². The predicted molar refractivity (Wildman–Crippen MR) is 97.6 cm³/mol. The van der Waals surface area contributed by atoms with Gasteiger partial charge in [0.05, 0.1) is 4.88 Å². The van der Waals surface area contributed by atoms with Crippen LogP contribution in [0.1, 0.15) is 28.9 Å². The number of amides is 2. The van der Waals surface area contributed by atoms with E-state index in [1.54, 1.807) is 30.3 Å². The topological polar surface area (TPSA) is 70.2 Å². The van der Waals surface area contributed by atoms with Gasteiger partial charge in [-0.15, -0.1) is 11.3 Å². The van der Waals surface area contributed by atoms with E-state index < -0.39 is 0 Å². The van der Waals surface area contributed by atoms with E-state index in [1.165, 1.54) is 11.3 Å². The number of carbonyl (C=O) groups is 2. The third-order valence-electron chi connectivity index (χ3n) is 4.11. The van der Waals surface area contributed by atoms with Crippen molar-refractivity contribution in [3.8, 4) is 0 Å². The average molecular weight is 343 g/mol. The number of rotatable bonds is 6. The number of thiophene rings is 1. The smallest absolute Gasteiger partial charge is 0.265 e. The fourth-order valence-electron chi connectivity index (χ4n) is 2.76. The molecule has 1 saturated heterocycles. The minimum atomic E-state index is -0.119. The summed E-state index contributed by atoms with van der Waals surface area (Å²) in [5.41, 5.74) is 1.46. The molecule has 0 saturated carbocycles. The van der Waals surface area contributed by atoms with E-state index in [1.807, 2.05) is 11.4 Å². The molecule has 1 atom stereocenters. The molecule has 1 aliphatic rings. The third kappa shape index (κ3) is 4.66. The molecule has 2 heterocycles. The summed E-state index contributed by atoms with van der Waals surface area (Å²) in [4.78, 5) is 24.6. The van der Waals surface area contributed by atoms with Crippen molar-refractivity contribution in [3.05, 3.63) is 46.7 Å². The van der Waals surface area contributed by atoms with Crippen LogP contribution in [0.4, 0.5) is 11.4 Å². The van der Waals surface area contributed by atoms with Crippen LogP contribution in [-0.2, 0) is 4.79 Å². The molecule has 1 aliphatic heterocycles. The zero-order valence-electron chi connectivity index (χ0n) is 13.4. The van der Waals surface area contributed by atoms with Gasteiger partial charge >= 0.3 is 0 Å². The maximum absolute atomic E-state index is 12.0. The monoisotopic (exact) mass is 343 g/mol. The van der Waals surface area contributed by atoms with E-state index in [9.17, 15) is 9.59 Å². The highest BCUT2D eigenvalue weighted by atomic mass is 32.1. The van der Waals surface area contributed by atoms with Gasteiger partial charge in [0.25, 0.3) is 5.91 Å². The Labute approximate surface area is 145 Å². The van der Waals surface area contributed by atoms with Gasteiger partial charge in [-0.1, -0.05) is 6.07 Å². The number of hydrogen-bond donors (Lipinski definition) is 3. The molecule has 1 aromatic carbocycles. The Kier molecular flexibility index (Phi) is 5.61. The number of carbonyl (C=O) groups excluding carboxylic acids is 2. The maximum Gasteiger partial charge on any atom is 0.265 e. The Morgan fingerprint density at radius 2 is 1.88 bits per heavy atom. The first-order valence-corrected chi connectivity index (χ1v) is 9.04. The van der Waals surface area contributed by atoms with E-state index in [0.717, 1.165) is 31.6 Å². The lowest BCUT2D eigenvalue weighted by molar-refractivity contribution is -0.116. The second-order valence-electron chi connectivity index (χ2n) is 5.95. The molecule has 3 rings (SSSR count). The van der Waals surface area contributed by atoms with E-state index in [0.29, 0.717) is 22.9 Å². The standard InChI is InChI=1S/C18H21N3O2S/c22-17(8-3-13-9-10-19-12-13)20-14-4-6-15(7-5-14)21-18(23)16-2-1-11-24-16/h1-2,4-7,11,13,19H,3,8-10,12H2,(H,20,22)(H,21,23). The molecule has 5 nitrogen and oxygen atoms in total. The highest BCUT2D eigenvalue weighted by Crippen LogP contribution is 2.18. The molecule has 1 unspecified atom stereocenters. The van der Waals surface area contributed by atoms with Crippen molar-refractivity contribution in [2.24, 2.45) is 5.92 Å². The quantitative estimate of drug-likeness (QED) is 0.753. The fourth-order valence-corrected chi connectivity index (χ4v) is 3.38. The predicted octanol–water partition coefficient (Wildman–Crippen LogP) is 3.33. The highest BCUT2D eigenvalue weighted by molar-refractivity contribution is 7.12. The highest BCUT2D eigenvalue weighted by Gasteiger charge is 2.15. The van der Waals surface area contributed by atoms with Crippen LogP contribution >= 0.6 is 11.3 Å². The first-order chi connectivity index (χ1) is 11.7. The fraction of sp³-hybridized carbons (Fsp3) is 0.333. The summed E-state index contributed by atoms with van der Waals surface area (Å²) in [6.45, 7) is 2.08. The number of nitrogens with one attached hydrogen (secondary N) is 3. The van der Waals surface area contributed by atoms with Crippen molar-refractivity contribution in [1.29, 1.82) is 0 Å². The van der Waals surface area contributed by atoms with E-state index in [2.05, 4.69) is 16.0 Å². The van der Waals surface area contributed by atoms with Gasteiger partial charge in [0.15, 0.2) is 0 Å². The lowest BCUT2D eigenvalue weighted by Gasteiger charge is -2.09. The Morgan fingerprint density at radius 1 is 1.12 bits per heavy atom. The van der Waals surface area contributed by atoms with Crippen LogP contribution < -0.4 is 16.0 Å². The van der Waals surface area contributed by atoms with E-state index >= 15 is 0 Å². The van der Waals surface area contributed by atoms with Crippen molar-refractivity contribution in [2.45, 2.75) is 19.3 Å². The SMILES string of the molecule is O=C(CCC1CCNC1)Nc1ccc(NC(=O)c2cccs2)cc1. The van der Waals surface area contributed by atoms with Crippen LogP contribution in [0.5, 0.6) is 0 Å². The number of benzene rings is 1. The molecular formula is C18H21N3O2S. The van der Waals surface area contributed by atoms with Gasteiger partial charge in [-0.2, -0.15) is 0 Å². The summed E-state index contributed by atoms with van der Waals surface area (Å²) in [6.07, 6.45) is 2.63. The van der Waals surface area contributed by atoms with Gasteiger partial charge in [0.1, 0.15) is 0 Å². The molecule has 3 N–H and O–H groups in total. The minimum absolute atomic E-state index is 0.0391. The van der Waals surface area contributed by atoms with Gasteiger partial charge in [0, 0.05) is 17.8 Å². The summed E-state index contributed by atoms with van der Waals surface area (Å²) < 4.78 is 0. The number of hydrogen-bond acceptors (Lipinski definition) is 4. The van der Waals surface area contributed by atoms with E-state index in [-0.39, 0.29) is 11.8 Å². The van der Waals surface area contributed by atoms with Crippen LogP contribution in [0.2, 0.25) is 0 Å². The molecule has 2 aromatic rings. The van der Waals surface area contributed by atoms with Crippen molar-refractivity contribution in [3.63, 3.8) is 0 Å². The second-order valence-corrected chi connectivity index (χ2v) is 6.90. The zero-order chi connectivity index (χ0) is 16.8. The lowest BCUT2D eigenvalue weighted by atomic mass is 10.0. The van der Waals surface area contributed by atoms with Crippen LogP contribution in [-0.4, -0.2) is 24.9 Å². The van der Waals surface area contributed by atoms with Gasteiger partial charge in [-0.25, -0.2) is 0 Å². The first kappa shape index (κ1) is 16.7. The molecule has 0 bridgehead atoms. The summed E-state index contributed by atoms with van der Waals surface area (Å²) in [6, 6.07) is 10.8. The molecule has 1 aromatic heterocycles. The molecule has 0 radical (unpaired) electrons. The Morgan fingerprint density at radius 3 is 2.50 bits per heavy atom. The van der Waals surface area contributed by atoms with Gasteiger partial charge < -0.3 is 16.0 Å². The molecule has 0 spiro atoms. The molecule has 0 aliphatic carbocycles. The summed E-state index contributed by atoms with van der Waals surface area (Å²) >= 11 is 1.40. The molecule has 1 fully saturated rings. The number of anilines is 2. The van der Waals surface area contributed by atoms with Gasteiger partial charge in [-0.3, -0.25) is 9.59 Å². The Balaban J connectivity index is 1.47.